The van der Waals surface area contributed by atoms with Gasteiger partial charge in [-0.15, -0.1) is 0 Å². The van der Waals surface area contributed by atoms with E-state index in [1.54, 1.807) is 30.3 Å². The molecule has 9 heteroatoms. The molecule has 1 amide bonds. The molecule has 26 heavy (non-hydrogen) atoms. The van der Waals surface area contributed by atoms with E-state index in [4.69, 9.17) is 0 Å². The smallest absolute Gasteiger partial charge is 0.288 e. The van der Waals surface area contributed by atoms with E-state index < -0.39 is 37.5 Å². The van der Waals surface area contributed by atoms with Crippen molar-refractivity contribution >= 4 is 27.4 Å². The van der Waals surface area contributed by atoms with Crippen LogP contribution in [0.25, 0.3) is 0 Å². The second-order valence-corrected chi connectivity index (χ2v) is 7.74. The minimum absolute atomic E-state index is 0.292. The first-order valence-corrected chi connectivity index (χ1v) is 9.08. The zero-order valence-corrected chi connectivity index (χ0v) is 14.5. The maximum Gasteiger partial charge on any atom is 0.304 e. The van der Waals surface area contributed by atoms with Gasteiger partial charge in [-0.1, -0.05) is 36.4 Å². The lowest BCUT2D eigenvalue weighted by atomic mass is 9.97. The van der Waals surface area contributed by atoms with E-state index in [0.717, 1.165) is 6.07 Å². The number of Topliss-reactive ketones (excluding diaryl/α,β-unsaturated/α-hetero) is 1. The van der Waals surface area contributed by atoms with Crippen molar-refractivity contribution in [1.82, 2.24) is 4.31 Å². The Morgan fingerprint density at radius 1 is 1.12 bits per heavy atom. The maximum atomic E-state index is 12.8. The predicted molar refractivity (Wildman–Crippen MR) is 90.9 cm³/mol. The van der Waals surface area contributed by atoms with E-state index >= 15 is 0 Å². The van der Waals surface area contributed by atoms with Crippen molar-refractivity contribution in [3.8, 4) is 0 Å². The Balaban J connectivity index is 2.00. The normalized spacial score (nSPS) is 17.6. The molecule has 1 fully saturated rings. The molecule has 0 bridgehead atoms. The number of nitro groups is 1. The van der Waals surface area contributed by atoms with Crippen molar-refractivity contribution in [3.05, 3.63) is 69.8 Å². The number of carbonyl (C=O) groups excluding carboxylic acids is 2. The van der Waals surface area contributed by atoms with Crippen molar-refractivity contribution < 1.29 is 22.9 Å². The van der Waals surface area contributed by atoms with Crippen LogP contribution in [-0.4, -0.2) is 35.9 Å². The summed E-state index contributed by atoms with van der Waals surface area (Å²) < 4.78 is 26.1. The average Bonchev–Trinajstić information content (AvgIpc) is 2.91. The summed E-state index contributed by atoms with van der Waals surface area (Å²) in [6.07, 6.45) is 0. The number of ketones is 1. The molecule has 0 spiro atoms. The fourth-order valence-corrected chi connectivity index (χ4v) is 4.24. The number of nitro benzene ring substituents is 1. The third kappa shape index (κ3) is 2.86. The Bertz CT molecular complexity index is 1020. The van der Waals surface area contributed by atoms with E-state index in [0.29, 0.717) is 15.4 Å². The minimum atomic E-state index is -4.38. The van der Waals surface area contributed by atoms with Gasteiger partial charge in [0.1, 0.15) is 0 Å². The first-order chi connectivity index (χ1) is 12.2. The van der Waals surface area contributed by atoms with Gasteiger partial charge in [0.2, 0.25) is 5.78 Å². The van der Waals surface area contributed by atoms with E-state index in [2.05, 4.69) is 0 Å². The Morgan fingerprint density at radius 2 is 1.77 bits per heavy atom. The third-order valence-corrected chi connectivity index (χ3v) is 6.01. The highest BCUT2D eigenvalue weighted by atomic mass is 32.2. The fourth-order valence-electron chi connectivity index (χ4n) is 2.83. The summed E-state index contributed by atoms with van der Waals surface area (Å²) in [7, 11) is -4.38. The van der Waals surface area contributed by atoms with Crippen molar-refractivity contribution in [1.29, 1.82) is 0 Å². The van der Waals surface area contributed by atoms with Gasteiger partial charge in [-0.3, -0.25) is 19.7 Å². The molecule has 3 rings (SSSR count). The first kappa shape index (κ1) is 17.7. The summed E-state index contributed by atoms with van der Waals surface area (Å²) in [6.45, 7) is 1.15. The number of rotatable bonds is 4. The quantitative estimate of drug-likeness (QED) is 0.458. The van der Waals surface area contributed by atoms with Gasteiger partial charge in [0.05, 0.1) is 22.3 Å². The van der Waals surface area contributed by atoms with Crippen LogP contribution in [0.2, 0.25) is 0 Å². The van der Waals surface area contributed by atoms with Gasteiger partial charge in [-0.2, -0.15) is 0 Å². The topological polar surface area (TPSA) is 115 Å². The lowest BCUT2D eigenvalue weighted by molar-refractivity contribution is -0.385. The standard InChI is InChI=1S/C17H14N2O6S/c1-11-7-8-13(9-15(11)19(22)23)26(24,25)18-10-14(16(20)17(18)21)12-5-3-2-4-6-12/h2-9,14H,10H2,1H3/t14-/m0/s1. The highest BCUT2D eigenvalue weighted by Crippen LogP contribution is 2.31. The van der Waals surface area contributed by atoms with Crippen LogP contribution in [0.3, 0.4) is 0 Å². The van der Waals surface area contributed by atoms with E-state index in [-0.39, 0.29) is 12.2 Å². The number of amides is 1. The molecule has 1 saturated heterocycles. The third-order valence-electron chi connectivity index (χ3n) is 4.27. The average molecular weight is 374 g/mol. The van der Waals surface area contributed by atoms with Crippen LogP contribution < -0.4 is 0 Å². The van der Waals surface area contributed by atoms with E-state index in [1.165, 1.54) is 19.1 Å². The van der Waals surface area contributed by atoms with E-state index in [1.807, 2.05) is 0 Å². The molecule has 0 unspecified atom stereocenters. The largest absolute Gasteiger partial charge is 0.304 e. The van der Waals surface area contributed by atoms with Gasteiger partial charge in [0.15, 0.2) is 0 Å². The molecule has 8 nitrogen and oxygen atoms in total. The van der Waals surface area contributed by atoms with Crippen molar-refractivity contribution in [2.45, 2.75) is 17.7 Å². The lowest BCUT2D eigenvalue weighted by Gasteiger charge is -2.16. The number of carbonyl (C=O) groups is 2. The Kier molecular flexibility index (Phi) is 4.33. The SMILES string of the molecule is Cc1ccc(S(=O)(=O)N2C[C@@H](c3ccccc3)C(=O)C2=O)cc1[N+](=O)[O-]. The molecule has 2 aromatic carbocycles. The monoisotopic (exact) mass is 374 g/mol. The number of sulfonamides is 1. The minimum Gasteiger partial charge on any atom is -0.288 e. The van der Waals surface area contributed by atoms with E-state index in [9.17, 15) is 28.1 Å². The van der Waals surface area contributed by atoms with Gasteiger partial charge in [-0.25, -0.2) is 12.7 Å². The van der Waals surface area contributed by atoms with Crippen LogP contribution in [-0.2, 0) is 19.6 Å². The van der Waals surface area contributed by atoms with Gasteiger partial charge in [0, 0.05) is 11.6 Å². The number of nitrogens with zero attached hydrogens (tertiary/aromatic N) is 2. The molecule has 0 aromatic heterocycles. The Hall–Kier alpha value is -3.07. The molecule has 1 heterocycles. The number of hydrogen-bond donors (Lipinski definition) is 0. The van der Waals surface area contributed by atoms with Crippen molar-refractivity contribution in [2.75, 3.05) is 6.54 Å². The summed E-state index contributed by atoms with van der Waals surface area (Å²) in [5, 5.41) is 11.1. The predicted octanol–water partition coefficient (Wildman–Crippen LogP) is 1.79. The molecule has 1 atom stereocenters. The van der Waals surface area contributed by atoms with Crippen LogP contribution in [0.1, 0.15) is 17.0 Å². The van der Waals surface area contributed by atoms with Crippen LogP contribution in [0.15, 0.2) is 53.4 Å². The molecule has 1 aliphatic heterocycles. The van der Waals surface area contributed by atoms with Crippen LogP contribution >= 0.6 is 0 Å². The van der Waals surface area contributed by atoms with Gasteiger partial charge in [-0.05, 0) is 18.6 Å². The zero-order valence-electron chi connectivity index (χ0n) is 13.7. The summed E-state index contributed by atoms with van der Waals surface area (Å²) in [6, 6.07) is 11.8. The second-order valence-electron chi connectivity index (χ2n) is 5.87. The van der Waals surface area contributed by atoms with Gasteiger partial charge >= 0.3 is 5.91 Å². The van der Waals surface area contributed by atoms with Gasteiger partial charge in [0.25, 0.3) is 15.7 Å². The molecule has 0 radical (unpaired) electrons. The molecule has 0 aliphatic carbocycles. The molecular weight excluding hydrogens is 360 g/mol. The van der Waals surface area contributed by atoms with Crippen molar-refractivity contribution in [2.24, 2.45) is 0 Å². The van der Waals surface area contributed by atoms with Crippen LogP contribution in [0.4, 0.5) is 5.69 Å². The highest BCUT2D eigenvalue weighted by molar-refractivity contribution is 7.89. The molecular formula is C17H14N2O6S. The number of aryl methyl sites for hydroxylation is 1. The second kappa shape index (κ2) is 6.34. The maximum absolute atomic E-state index is 12.8. The summed E-state index contributed by atoms with van der Waals surface area (Å²) in [5.74, 6) is -2.85. The molecule has 2 aromatic rings. The summed E-state index contributed by atoms with van der Waals surface area (Å²) in [5.41, 5.74) is 0.460. The fraction of sp³-hybridized carbons (Fsp3) is 0.176. The molecule has 0 saturated carbocycles. The summed E-state index contributed by atoms with van der Waals surface area (Å²) in [4.78, 5) is 34.5. The number of hydrogen-bond acceptors (Lipinski definition) is 6. The lowest BCUT2D eigenvalue weighted by Crippen LogP contribution is -2.34. The van der Waals surface area contributed by atoms with Crippen molar-refractivity contribution in [3.63, 3.8) is 0 Å². The zero-order chi connectivity index (χ0) is 19.1. The van der Waals surface area contributed by atoms with Gasteiger partial charge < -0.3 is 0 Å². The Morgan fingerprint density at radius 3 is 2.38 bits per heavy atom. The summed E-state index contributed by atoms with van der Waals surface area (Å²) >= 11 is 0. The highest BCUT2D eigenvalue weighted by Gasteiger charge is 2.46. The molecule has 1 aliphatic rings. The van der Waals surface area contributed by atoms with Crippen LogP contribution in [0.5, 0.6) is 0 Å². The number of benzene rings is 2. The molecule has 134 valence electrons. The van der Waals surface area contributed by atoms with Crippen LogP contribution in [0, 0.1) is 17.0 Å². The molecule has 0 N–H and O–H groups in total. The first-order valence-electron chi connectivity index (χ1n) is 7.64. The Labute approximate surface area is 149 Å².